The van der Waals surface area contributed by atoms with E-state index in [0.29, 0.717) is 6.42 Å². The van der Waals surface area contributed by atoms with Crippen molar-refractivity contribution in [3.05, 3.63) is 12.2 Å². The van der Waals surface area contributed by atoms with E-state index in [0.717, 1.165) is 25.5 Å². The second kappa shape index (κ2) is 3.28. The Labute approximate surface area is 97.1 Å². The van der Waals surface area contributed by atoms with Gasteiger partial charge in [-0.25, -0.2) is 0 Å². The second-order valence-corrected chi connectivity index (χ2v) is 6.13. The Balaban J connectivity index is 2.58. The van der Waals surface area contributed by atoms with Gasteiger partial charge in [0, 0.05) is 6.42 Å². The monoisotopic (exact) mass is 220 g/mol. The van der Waals surface area contributed by atoms with E-state index in [1.807, 2.05) is 6.08 Å². The lowest BCUT2D eigenvalue weighted by Crippen LogP contribution is -2.54. The molecule has 0 spiro atoms. The lowest BCUT2D eigenvalue weighted by atomic mass is 9.46. The molecule has 2 heteroatoms. The molecule has 0 unspecified atom stereocenters. The fourth-order valence-corrected chi connectivity index (χ4v) is 4.07. The van der Waals surface area contributed by atoms with Gasteiger partial charge in [-0.1, -0.05) is 33.3 Å². The molecule has 0 bridgehead atoms. The largest absolute Gasteiger partial charge is 0.303 e. The summed E-state index contributed by atoms with van der Waals surface area (Å²) in [6, 6.07) is 0. The summed E-state index contributed by atoms with van der Waals surface area (Å²) in [6.45, 7) is 6.41. The van der Waals surface area contributed by atoms with Gasteiger partial charge in [0.05, 0.1) is 5.41 Å². The second-order valence-electron chi connectivity index (χ2n) is 6.13. The van der Waals surface area contributed by atoms with E-state index in [4.69, 9.17) is 0 Å². The molecule has 0 aromatic carbocycles. The number of carbonyl (C=O) groups is 2. The Hall–Kier alpha value is -0.920. The van der Waals surface area contributed by atoms with Gasteiger partial charge in [-0.05, 0) is 29.7 Å². The highest BCUT2D eigenvalue weighted by Crippen LogP contribution is 2.65. The molecular weight excluding hydrogens is 200 g/mol. The maximum atomic E-state index is 12.3. The van der Waals surface area contributed by atoms with Gasteiger partial charge in [-0.2, -0.15) is 0 Å². The van der Waals surface area contributed by atoms with Gasteiger partial charge in [0.1, 0.15) is 6.29 Å². The van der Waals surface area contributed by atoms with Crippen molar-refractivity contribution in [2.45, 2.75) is 46.5 Å². The molecule has 0 amide bonds. The molecule has 2 rings (SSSR count). The van der Waals surface area contributed by atoms with Crippen molar-refractivity contribution in [1.29, 1.82) is 0 Å². The molecule has 88 valence electrons. The van der Waals surface area contributed by atoms with Gasteiger partial charge in [0.2, 0.25) is 0 Å². The SMILES string of the molecule is CC1(C)CCC[C@]2(C)C=CC(=O)[C@]12CC=O. The van der Waals surface area contributed by atoms with E-state index in [9.17, 15) is 9.59 Å². The number of ketones is 1. The Kier molecular flexibility index (Phi) is 2.37. The van der Waals surface area contributed by atoms with Crippen LogP contribution in [0.4, 0.5) is 0 Å². The van der Waals surface area contributed by atoms with Crippen molar-refractivity contribution in [2.24, 2.45) is 16.2 Å². The molecule has 0 heterocycles. The van der Waals surface area contributed by atoms with Crippen LogP contribution in [0.25, 0.3) is 0 Å². The first kappa shape index (κ1) is 11.6. The molecule has 0 aliphatic heterocycles. The first-order valence-electron chi connectivity index (χ1n) is 6.07. The van der Waals surface area contributed by atoms with Crippen molar-refractivity contribution in [2.75, 3.05) is 0 Å². The Morgan fingerprint density at radius 1 is 1.31 bits per heavy atom. The molecule has 0 saturated heterocycles. The number of aldehydes is 1. The molecule has 2 aliphatic carbocycles. The third-order valence-electron chi connectivity index (χ3n) is 5.04. The lowest BCUT2D eigenvalue weighted by molar-refractivity contribution is -0.148. The third-order valence-corrected chi connectivity index (χ3v) is 5.04. The van der Waals surface area contributed by atoms with E-state index < -0.39 is 5.41 Å². The van der Waals surface area contributed by atoms with E-state index in [1.165, 1.54) is 0 Å². The minimum Gasteiger partial charge on any atom is -0.303 e. The van der Waals surface area contributed by atoms with Crippen molar-refractivity contribution in [1.82, 2.24) is 0 Å². The average molecular weight is 220 g/mol. The standard InChI is InChI=1S/C14H20O2/c1-12(2)6-4-7-13(3)8-5-11(16)14(12,13)9-10-15/h5,8,10H,4,6-7,9H2,1-3H3/t13-,14-/m1/s1. The number of fused-ring (bicyclic) bond motifs is 1. The summed E-state index contributed by atoms with van der Waals surface area (Å²) in [4.78, 5) is 23.3. The summed E-state index contributed by atoms with van der Waals surface area (Å²) in [5, 5.41) is 0. The lowest BCUT2D eigenvalue weighted by Gasteiger charge is -2.55. The van der Waals surface area contributed by atoms with E-state index in [2.05, 4.69) is 20.8 Å². The summed E-state index contributed by atoms with van der Waals surface area (Å²) in [5.74, 6) is 0.159. The van der Waals surface area contributed by atoms with Crippen molar-refractivity contribution < 1.29 is 9.59 Å². The quantitative estimate of drug-likeness (QED) is 0.670. The maximum Gasteiger partial charge on any atom is 0.163 e. The number of rotatable bonds is 2. The zero-order valence-electron chi connectivity index (χ0n) is 10.4. The molecule has 1 fully saturated rings. The Morgan fingerprint density at radius 2 is 2.00 bits per heavy atom. The first-order chi connectivity index (χ1) is 7.40. The number of allylic oxidation sites excluding steroid dienone is 2. The van der Waals surface area contributed by atoms with Crippen LogP contribution in [0.2, 0.25) is 0 Å². The van der Waals surface area contributed by atoms with Gasteiger partial charge in [-0.15, -0.1) is 0 Å². The summed E-state index contributed by atoms with van der Waals surface area (Å²) in [6.07, 6.45) is 8.23. The third kappa shape index (κ3) is 1.13. The average Bonchev–Trinajstić information content (AvgIpc) is 2.44. The fourth-order valence-electron chi connectivity index (χ4n) is 4.07. The van der Waals surface area contributed by atoms with Crippen LogP contribution < -0.4 is 0 Å². The molecular formula is C14H20O2. The zero-order valence-corrected chi connectivity index (χ0v) is 10.4. The van der Waals surface area contributed by atoms with Gasteiger partial charge in [0.15, 0.2) is 5.78 Å². The smallest absolute Gasteiger partial charge is 0.163 e. The summed E-state index contributed by atoms with van der Waals surface area (Å²) >= 11 is 0. The van der Waals surface area contributed by atoms with Gasteiger partial charge >= 0.3 is 0 Å². The predicted molar refractivity (Wildman–Crippen MR) is 63.0 cm³/mol. The van der Waals surface area contributed by atoms with Crippen molar-refractivity contribution >= 4 is 12.1 Å². The minimum absolute atomic E-state index is 0.0819. The zero-order chi connectivity index (χ0) is 12.0. The van der Waals surface area contributed by atoms with Gasteiger partial charge < -0.3 is 4.79 Å². The molecule has 16 heavy (non-hydrogen) atoms. The van der Waals surface area contributed by atoms with E-state index in [-0.39, 0.29) is 16.6 Å². The van der Waals surface area contributed by atoms with Gasteiger partial charge in [0.25, 0.3) is 0 Å². The molecule has 2 atom stereocenters. The highest BCUT2D eigenvalue weighted by atomic mass is 16.1. The highest BCUT2D eigenvalue weighted by molar-refractivity contribution is 6.00. The summed E-state index contributed by atoms with van der Waals surface area (Å²) < 4.78 is 0. The molecule has 2 nitrogen and oxygen atoms in total. The topological polar surface area (TPSA) is 34.1 Å². The van der Waals surface area contributed by atoms with Crippen LogP contribution in [0, 0.1) is 16.2 Å². The van der Waals surface area contributed by atoms with Crippen LogP contribution in [0.3, 0.4) is 0 Å². The van der Waals surface area contributed by atoms with E-state index in [1.54, 1.807) is 6.08 Å². The van der Waals surface area contributed by atoms with Crippen molar-refractivity contribution in [3.8, 4) is 0 Å². The van der Waals surface area contributed by atoms with Crippen LogP contribution >= 0.6 is 0 Å². The van der Waals surface area contributed by atoms with Crippen LogP contribution in [-0.4, -0.2) is 12.1 Å². The predicted octanol–water partition coefficient (Wildman–Crippen LogP) is 2.92. The minimum atomic E-state index is -0.486. The molecule has 2 aliphatic rings. The fraction of sp³-hybridized carbons (Fsp3) is 0.714. The normalized spacial score (nSPS) is 40.8. The van der Waals surface area contributed by atoms with Crippen LogP contribution in [0.1, 0.15) is 46.5 Å². The molecule has 1 saturated carbocycles. The van der Waals surface area contributed by atoms with Crippen LogP contribution in [-0.2, 0) is 9.59 Å². The Morgan fingerprint density at radius 3 is 2.62 bits per heavy atom. The number of hydrogen-bond donors (Lipinski definition) is 0. The van der Waals surface area contributed by atoms with Gasteiger partial charge in [-0.3, -0.25) is 4.79 Å². The molecule has 0 aromatic heterocycles. The highest BCUT2D eigenvalue weighted by Gasteiger charge is 2.63. The van der Waals surface area contributed by atoms with Crippen molar-refractivity contribution in [3.63, 3.8) is 0 Å². The molecule has 0 radical (unpaired) electrons. The van der Waals surface area contributed by atoms with Crippen LogP contribution in [0.5, 0.6) is 0 Å². The van der Waals surface area contributed by atoms with E-state index >= 15 is 0 Å². The Bertz CT molecular complexity index is 367. The number of carbonyl (C=O) groups excluding carboxylic acids is 2. The van der Waals surface area contributed by atoms with Crippen LogP contribution in [0.15, 0.2) is 12.2 Å². The first-order valence-corrected chi connectivity index (χ1v) is 6.07. The summed E-state index contributed by atoms with van der Waals surface area (Å²) in [7, 11) is 0. The summed E-state index contributed by atoms with van der Waals surface area (Å²) in [5.41, 5.74) is -0.686. The number of hydrogen-bond acceptors (Lipinski definition) is 2. The molecule has 0 aromatic rings. The maximum absolute atomic E-state index is 12.3. The molecule has 0 N–H and O–H groups in total.